The molecule has 0 saturated heterocycles. The fourth-order valence-corrected chi connectivity index (χ4v) is 3.03. The van der Waals surface area contributed by atoms with E-state index in [9.17, 15) is 22.8 Å². The lowest BCUT2D eigenvalue weighted by molar-refractivity contribution is -0.274. The number of carbonyl (C=O) groups is 2. The largest absolute Gasteiger partial charge is 0.573 e. The van der Waals surface area contributed by atoms with E-state index in [0.29, 0.717) is 17.1 Å². The van der Waals surface area contributed by atoms with E-state index in [4.69, 9.17) is 4.74 Å². The zero-order valence-electron chi connectivity index (χ0n) is 17.3. The second kappa shape index (κ2) is 9.05. The van der Waals surface area contributed by atoms with Gasteiger partial charge in [0.05, 0.1) is 12.8 Å². The van der Waals surface area contributed by atoms with Crippen LogP contribution in [0.3, 0.4) is 0 Å². The SMILES string of the molecule is COC(=O)c1nccn2c(-c3ccc(NC(=O)Nc4ccccc4OC(F)(F)F)cc3)nnc12. The second-order valence-electron chi connectivity index (χ2n) is 6.69. The van der Waals surface area contributed by atoms with Gasteiger partial charge in [0.2, 0.25) is 0 Å². The quantitative estimate of drug-likeness (QED) is 0.419. The van der Waals surface area contributed by atoms with Crippen LogP contribution in [0.5, 0.6) is 5.75 Å². The highest BCUT2D eigenvalue weighted by Gasteiger charge is 2.32. The lowest BCUT2D eigenvalue weighted by Crippen LogP contribution is -2.22. The van der Waals surface area contributed by atoms with Crippen LogP contribution in [0.4, 0.5) is 29.3 Å². The average molecular weight is 472 g/mol. The highest BCUT2D eigenvalue weighted by atomic mass is 19.4. The molecular weight excluding hydrogens is 457 g/mol. The van der Waals surface area contributed by atoms with E-state index in [2.05, 4.69) is 30.6 Å². The van der Waals surface area contributed by atoms with Crippen molar-refractivity contribution >= 4 is 29.0 Å². The molecule has 34 heavy (non-hydrogen) atoms. The van der Waals surface area contributed by atoms with Gasteiger partial charge in [0.1, 0.15) is 0 Å². The normalized spacial score (nSPS) is 11.2. The number of benzene rings is 2. The minimum atomic E-state index is -4.90. The third-order valence-electron chi connectivity index (χ3n) is 4.47. The van der Waals surface area contributed by atoms with Gasteiger partial charge >= 0.3 is 18.4 Å². The molecule has 2 aromatic carbocycles. The van der Waals surface area contributed by atoms with E-state index in [-0.39, 0.29) is 17.0 Å². The van der Waals surface area contributed by atoms with E-state index in [1.54, 1.807) is 34.9 Å². The van der Waals surface area contributed by atoms with Crippen LogP contribution in [0.15, 0.2) is 60.9 Å². The summed E-state index contributed by atoms with van der Waals surface area (Å²) in [6.45, 7) is 0. The monoisotopic (exact) mass is 472 g/mol. The van der Waals surface area contributed by atoms with Crippen LogP contribution in [0.2, 0.25) is 0 Å². The summed E-state index contributed by atoms with van der Waals surface area (Å²) in [5.74, 6) is -0.783. The number of hydrogen-bond acceptors (Lipinski definition) is 7. The van der Waals surface area contributed by atoms with Crippen molar-refractivity contribution in [1.82, 2.24) is 19.6 Å². The topological polar surface area (TPSA) is 120 Å². The Balaban J connectivity index is 1.49. The summed E-state index contributed by atoms with van der Waals surface area (Å²) in [6, 6.07) is 10.8. The minimum absolute atomic E-state index is 0.00786. The summed E-state index contributed by atoms with van der Waals surface area (Å²) < 4.78 is 47.8. The van der Waals surface area contributed by atoms with Crippen LogP contribution in [0.25, 0.3) is 17.0 Å². The molecule has 10 nitrogen and oxygen atoms in total. The van der Waals surface area contributed by atoms with E-state index >= 15 is 0 Å². The van der Waals surface area contributed by atoms with Crippen LogP contribution in [0.1, 0.15) is 10.5 Å². The molecule has 4 aromatic rings. The number of alkyl halides is 3. The fourth-order valence-electron chi connectivity index (χ4n) is 3.03. The number of halogens is 3. The van der Waals surface area contributed by atoms with Crippen LogP contribution in [-0.4, -0.2) is 45.1 Å². The third-order valence-corrected chi connectivity index (χ3v) is 4.47. The molecule has 13 heteroatoms. The molecule has 0 aliphatic heterocycles. The average Bonchev–Trinajstić information content (AvgIpc) is 3.24. The number of para-hydroxylation sites is 2. The molecule has 2 heterocycles. The van der Waals surface area contributed by atoms with E-state index in [1.165, 1.54) is 31.5 Å². The molecule has 0 fully saturated rings. The van der Waals surface area contributed by atoms with Crippen molar-refractivity contribution in [1.29, 1.82) is 0 Å². The standard InChI is InChI=1S/C21H15F3N6O4/c1-33-19(31)16-18-29-28-17(30(18)11-10-25-16)12-6-8-13(9-7-12)26-20(32)27-14-4-2-3-5-15(14)34-21(22,23)24/h2-11H,1H3,(H2,26,27,32). The van der Waals surface area contributed by atoms with Gasteiger partial charge in [-0.25, -0.2) is 14.6 Å². The number of hydrogen-bond donors (Lipinski definition) is 2. The Hall–Kier alpha value is -4.68. The third kappa shape index (κ3) is 4.87. The van der Waals surface area contributed by atoms with Crippen molar-refractivity contribution in [3.8, 4) is 17.1 Å². The summed E-state index contributed by atoms with van der Waals surface area (Å²) in [6.07, 6.45) is -1.91. The van der Waals surface area contributed by atoms with E-state index in [0.717, 1.165) is 6.07 Å². The van der Waals surface area contributed by atoms with Crippen LogP contribution < -0.4 is 15.4 Å². The molecule has 4 rings (SSSR count). The molecule has 0 saturated carbocycles. The predicted molar refractivity (Wildman–Crippen MR) is 113 cm³/mol. The van der Waals surface area contributed by atoms with Crippen LogP contribution in [-0.2, 0) is 4.74 Å². The van der Waals surface area contributed by atoms with Gasteiger partial charge in [0, 0.05) is 23.6 Å². The first-order chi connectivity index (χ1) is 16.2. The Morgan fingerprint density at radius 3 is 2.44 bits per heavy atom. The number of nitrogens with zero attached hydrogens (tertiary/aromatic N) is 4. The number of nitrogens with one attached hydrogen (secondary N) is 2. The van der Waals surface area contributed by atoms with Gasteiger partial charge in [0.15, 0.2) is 22.9 Å². The summed E-state index contributed by atoms with van der Waals surface area (Å²) >= 11 is 0. The molecule has 0 aliphatic rings. The molecule has 174 valence electrons. The zero-order valence-corrected chi connectivity index (χ0v) is 17.3. The molecule has 0 atom stereocenters. The van der Waals surface area contributed by atoms with Gasteiger partial charge in [-0.15, -0.1) is 23.4 Å². The Morgan fingerprint density at radius 2 is 1.74 bits per heavy atom. The summed E-state index contributed by atoms with van der Waals surface area (Å²) in [4.78, 5) is 28.1. The van der Waals surface area contributed by atoms with E-state index in [1.807, 2.05) is 0 Å². The van der Waals surface area contributed by atoms with Crippen LogP contribution >= 0.6 is 0 Å². The number of urea groups is 1. The van der Waals surface area contributed by atoms with Crippen molar-refractivity contribution in [3.63, 3.8) is 0 Å². The molecule has 0 radical (unpaired) electrons. The van der Waals surface area contributed by atoms with Crippen LogP contribution in [0, 0.1) is 0 Å². The maximum absolute atomic E-state index is 12.5. The Morgan fingerprint density at radius 1 is 1.00 bits per heavy atom. The number of fused-ring (bicyclic) bond motifs is 1. The molecule has 0 aliphatic carbocycles. The number of methoxy groups -OCH3 is 1. The molecule has 2 N–H and O–H groups in total. The first-order valence-corrected chi connectivity index (χ1v) is 9.56. The highest BCUT2D eigenvalue weighted by molar-refractivity contribution is 6.00. The minimum Gasteiger partial charge on any atom is -0.464 e. The lowest BCUT2D eigenvalue weighted by Gasteiger charge is -2.14. The second-order valence-corrected chi connectivity index (χ2v) is 6.69. The van der Waals surface area contributed by atoms with Crippen molar-refractivity contribution in [3.05, 3.63) is 66.6 Å². The first kappa shape index (κ1) is 22.5. The molecule has 2 amide bonds. The van der Waals surface area contributed by atoms with Crippen molar-refractivity contribution in [2.45, 2.75) is 6.36 Å². The summed E-state index contributed by atoms with van der Waals surface area (Å²) in [7, 11) is 1.23. The van der Waals surface area contributed by atoms with Crippen molar-refractivity contribution in [2.24, 2.45) is 0 Å². The maximum atomic E-state index is 12.5. The molecular formula is C21H15F3N6O4. The predicted octanol–water partition coefficient (Wildman–Crippen LogP) is 4.12. The summed E-state index contributed by atoms with van der Waals surface area (Å²) in [5, 5.41) is 12.9. The molecule has 0 spiro atoms. The number of anilines is 2. The number of aromatic nitrogens is 4. The molecule has 0 bridgehead atoms. The Labute approximate surface area is 189 Å². The summed E-state index contributed by atoms with van der Waals surface area (Å²) in [5.41, 5.74) is 1.05. The molecule has 2 aromatic heterocycles. The number of esters is 1. The molecule has 0 unspecified atom stereocenters. The maximum Gasteiger partial charge on any atom is 0.573 e. The van der Waals surface area contributed by atoms with Gasteiger partial charge in [0.25, 0.3) is 0 Å². The smallest absolute Gasteiger partial charge is 0.464 e. The van der Waals surface area contributed by atoms with Gasteiger partial charge in [-0.05, 0) is 36.4 Å². The zero-order chi connectivity index (χ0) is 24.3. The number of rotatable bonds is 5. The Bertz CT molecular complexity index is 1350. The fraction of sp³-hybridized carbons (Fsp3) is 0.0952. The lowest BCUT2D eigenvalue weighted by atomic mass is 10.2. The number of carbonyl (C=O) groups excluding carboxylic acids is 2. The first-order valence-electron chi connectivity index (χ1n) is 9.56. The number of amides is 2. The van der Waals surface area contributed by atoms with Gasteiger partial charge in [-0.1, -0.05) is 12.1 Å². The Kier molecular flexibility index (Phi) is 5.99. The van der Waals surface area contributed by atoms with Crippen molar-refractivity contribution in [2.75, 3.05) is 17.7 Å². The number of ether oxygens (including phenoxy) is 2. The van der Waals surface area contributed by atoms with Gasteiger partial charge < -0.3 is 20.1 Å². The van der Waals surface area contributed by atoms with E-state index < -0.39 is 24.1 Å². The van der Waals surface area contributed by atoms with Crippen molar-refractivity contribution < 1.29 is 32.2 Å². The van der Waals surface area contributed by atoms with Gasteiger partial charge in [-0.3, -0.25) is 4.40 Å². The highest BCUT2D eigenvalue weighted by Crippen LogP contribution is 2.30. The van der Waals surface area contributed by atoms with Gasteiger partial charge in [-0.2, -0.15) is 0 Å².